The van der Waals surface area contributed by atoms with Gasteiger partial charge in [0, 0.05) is 62.2 Å². The first-order chi connectivity index (χ1) is 18.0. The van der Waals surface area contributed by atoms with Crippen LogP contribution in [0.15, 0.2) is 97.3 Å². The number of hydrogen-bond acceptors (Lipinski definition) is 4. The minimum absolute atomic E-state index is 0.0521. The average Bonchev–Trinajstić information content (AvgIpc) is 3.52. The molecule has 0 spiro atoms. The van der Waals surface area contributed by atoms with Crippen molar-refractivity contribution in [1.29, 1.82) is 0 Å². The summed E-state index contributed by atoms with van der Waals surface area (Å²) in [5.74, 6) is -0.0521. The van der Waals surface area contributed by atoms with Gasteiger partial charge in [0.15, 0.2) is 5.11 Å². The number of benzene rings is 2. The molecule has 2 atom stereocenters. The monoisotopic (exact) mass is 510 g/mol. The van der Waals surface area contributed by atoms with Crippen molar-refractivity contribution >= 4 is 34.6 Å². The van der Waals surface area contributed by atoms with Crippen molar-refractivity contribution in [3.8, 4) is 5.69 Å². The summed E-state index contributed by atoms with van der Waals surface area (Å²) in [7, 11) is 4.06. The number of pyridine rings is 1. The van der Waals surface area contributed by atoms with E-state index in [1.807, 2.05) is 68.7 Å². The van der Waals surface area contributed by atoms with Gasteiger partial charge in [-0.1, -0.05) is 24.3 Å². The third-order valence-corrected chi connectivity index (χ3v) is 6.92. The van der Waals surface area contributed by atoms with E-state index in [-0.39, 0.29) is 18.0 Å². The normalized spacial score (nSPS) is 16.9. The van der Waals surface area contributed by atoms with Crippen LogP contribution in [0.4, 0.5) is 11.4 Å². The second-order valence-electron chi connectivity index (χ2n) is 9.20. The summed E-state index contributed by atoms with van der Waals surface area (Å²) in [6.07, 6.45) is 4.17. The van der Waals surface area contributed by atoms with Gasteiger partial charge in [-0.25, -0.2) is 0 Å². The highest BCUT2D eigenvalue weighted by Gasteiger charge is 2.41. The van der Waals surface area contributed by atoms with Crippen molar-refractivity contribution in [3.63, 3.8) is 0 Å². The number of nitrogens with one attached hydrogen (secondary N) is 2. The molecule has 5 rings (SSSR count). The highest BCUT2D eigenvalue weighted by molar-refractivity contribution is 7.80. The second-order valence-corrected chi connectivity index (χ2v) is 9.58. The number of carbonyl (C=O) groups is 1. The van der Waals surface area contributed by atoms with Gasteiger partial charge in [0.1, 0.15) is 0 Å². The summed E-state index contributed by atoms with van der Waals surface area (Å²) >= 11 is 5.80. The largest absolute Gasteiger partial charge is 0.378 e. The van der Waals surface area contributed by atoms with E-state index in [0.717, 1.165) is 28.5 Å². The Labute approximate surface area is 222 Å². The Morgan fingerprint density at radius 3 is 2.46 bits per heavy atom. The van der Waals surface area contributed by atoms with Crippen molar-refractivity contribution in [1.82, 2.24) is 19.8 Å². The zero-order chi connectivity index (χ0) is 25.8. The van der Waals surface area contributed by atoms with Gasteiger partial charge >= 0.3 is 0 Å². The number of rotatable bonds is 8. The number of aromatic nitrogens is 2. The molecule has 1 aliphatic heterocycles. The Balaban J connectivity index is 1.44. The SMILES string of the molecule is CN(C)c1ccc(-n2cccc2[C@H]2[C@H](c3ccccn3)NC(=S)N2CCC(=O)Nc2ccccc2)cc1. The molecular weight excluding hydrogens is 480 g/mol. The summed E-state index contributed by atoms with van der Waals surface area (Å²) < 4.78 is 2.19. The maximum absolute atomic E-state index is 12.8. The topological polar surface area (TPSA) is 65.4 Å². The first kappa shape index (κ1) is 24.5. The number of hydrogen-bond donors (Lipinski definition) is 2. The zero-order valence-electron chi connectivity index (χ0n) is 20.9. The van der Waals surface area contributed by atoms with Gasteiger partial charge in [0.2, 0.25) is 5.91 Å². The predicted octanol–water partition coefficient (Wildman–Crippen LogP) is 4.94. The van der Waals surface area contributed by atoms with Gasteiger partial charge in [0.05, 0.1) is 17.8 Å². The van der Waals surface area contributed by atoms with Gasteiger partial charge in [-0.15, -0.1) is 0 Å². The molecule has 1 fully saturated rings. The Morgan fingerprint density at radius 1 is 1.00 bits per heavy atom. The molecule has 4 aromatic rings. The molecule has 0 saturated carbocycles. The molecule has 37 heavy (non-hydrogen) atoms. The van der Waals surface area contributed by atoms with Gasteiger partial charge in [-0.3, -0.25) is 9.78 Å². The van der Waals surface area contributed by atoms with E-state index < -0.39 is 0 Å². The maximum Gasteiger partial charge on any atom is 0.226 e. The van der Waals surface area contributed by atoms with Crippen molar-refractivity contribution < 1.29 is 4.79 Å². The molecule has 188 valence electrons. The summed E-state index contributed by atoms with van der Waals surface area (Å²) in [6, 6.07) is 27.7. The van der Waals surface area contributed by atoms with E-state index in [9.17, 15) is 4.79 Å². The Hall–Kier alpha value is -4.17. The van der Waals surface area contributed by atoms with E-state index >= 15 is 0 Å². The minimum Gasteiger partial charge on any atom is -0.378 e. The molecule has 2 aromatic heterocycles. The summed E-state index contributed by atoms with van der Waals surface area (Å²) in [5, 5.41) is 7.07. The van der Waals surface area contributed by atoms with Crippen molar-refractivity contribution in [2.24, 2.45) is 0 Å². The number of nitrogens with zero attached hydrogens (tertiary/aromatic N) is 4. The van der Waals surface area contributed by atoms with Crippen LogP contribution in [0.3, 0.4) is 0 Å². The van der Waals surface area contributed by atoms with E-state index in [2.05, 4.69) is 66.5 Å². The maximum atomic E-state index is 12.8. The lowest BCUT2D eigenvalue weighted by Crippen LogP contribution is -2.33. The summed E-state index contributed by atoms with van der Waals surface area (Å²) in [6.45, 7) is 0.475. The van der Waals surface area contributed by atoms with Gasteiger partial charge < -0.3 is 25.0 Å². The van der Waals surface area contributed by atoms with E-state index in [4.69, 9.17) is 12.2 Å². The predicted molar refractivity (Wildman–Crippen MR) is 152 cm³/mol. The van der Waals surface area contributed by atoms with Crippen molar-refractivity contribution in [2.75, 3.05) is 30.9 Å². The molecular formula is C29H30N6OS. The Morgan fingerprint density at radius 2 is 1.76 bits per heavy atom. The first-order valence-corrected chi connectivity index (χ1v) is 12.7. The number of anilines is 2. The first-order valence-electron chi connectivity index (χ1n) is 12.3. The van der Waals surface area contributed by atoms with Crippen LogP contribution in [0, 0.1) is 0 Å². The quantitative estimate of drug-likeness (QED) is 0.328. The molecule has 1 amide bonds. The third-order valence-electron chi connectivity index (χ3n) is 6.56. The van der Waals surface area contributed by atoms with Gasteiger partial charge in [0.25, 0.3) is 0 Å². The third kappa shape index (κ3) is 5.34. The summed E-state index contributed by atoms with van der Waals surface area (Å²) in [5.41, 5.74) is 4.96. The van der Waals surface area contributed by atoms with E-state index in [1.54, 1.807) is 6.20 Å². The number of thiocarbonyl (C=S) groups is 1. The molecule has 0 unspecified atom stereocenters. The number of amides is 1. The lowest BCUT2D eigenvalue weighted by atomic mass is 10.0. The molecule has 1 saturated heterocycles. The highest BCUT2D eigenvalue weighted by atomic mass is 32.1. The van der Waals surface area contributed by atoms with Crippen LogP contribution in [-0.2, 0) is 4.79 Å². The van der Waals surface area contributed by atoms with Crippen LogP contribution in [0.25, 0.3) is 5.69 Å². The molecule has 0 aliphatic carbocycles. The highest BCUT2D eigenvalue weighted by Crippen LogP contribution is 2.39. The van der Waals surface area contributed by atoms with Crippen molar-refractivity contribution in [3.05, 3.63) is 109 Å². The molecule has 3 heterocycles. The van der Waals surface area contributed by atoms with Crippen LogP contribution in [-0.4, -0.2) is 46.1 Å². The fraction of sp³-hybridized carbons (Fsp3) is 0.207. The van der Waals surface area contributed by atoms with Crippen LogP contribution in [0.2, 0.25) is 0 Å². The number of para-hydroxylation sites is 1. The fourth-order valence-electron chi connectivity index (χ4n) is 4.72. The summed E-state index contributed by atoms with van der Waals surface area (Å²) in [4.78, 5) is 21.6. The molecule has 1 aliphatic rings. The lowest BCUT2D eigenvalue weighted by Gasteiger charge is -2.29. The Bertz CT molecular complexity index is 1350. The molecule has 0 bridgehead atoms. The lowest BCUT2D eigenvalue weighted by molar-refractivity contribution is -0.116. The van der Waals surface area contributed by atoms with E-state index in [1.165, 1.54) is 0 Å². The van der Waals surface area contributed by atoms with Crippen LogP contribution in [0.1, 0.15) is 29.9 Å². The van der Waals surface area contributed by atoms with Crippen molar-refractivity contribution in [2.45, 2.75) is 18.5 Å². The zero-order valence-corrected chi connectivity index (χ0v) is 21.7. The van der Waals surface area contributed by atoms with E-state index in [0.29, 0.717) is 18.1 Å². The van der Waals surface area contributed by atoms with Crippen LogP contribution in [0.5, 0.6) is 0 Å². The van der Waals surface area contributed by atoms with Crippen LogP contribution < -0.4 is 15.5 Å². The number of carbonyl (C=O) groups excluding carboxylic acids is 1. The van der Waals surface area contributed by atoms with Gasteiger partial charge in [-0.2, -0.15) is 0 Å². The molecule has 7 nitrogen and oxygen atoms in total. The fourth-order valence-corrected chi connectivity index (χ4v) is 5.05. The van der Waals surface area contributed by atoms with Gasteiger partial charge in [-0.05, 0) is 72.9 Å². The Kier molecular flexibility index (Phi) is 7.18. The minimum atomic E-state index is -0.152. The van der Waals surface area contributed by atoms with Crippen LogP contribution >= 0.6 is 12.2 Å². The second kappa shape index (κ2) is 10.8. The molecule has 2 N–H and O–H groups in total. The molecule has 2 aromatic carbocycles. The molecule has 8 heteroatoms. The average molecular weight is 511 g/mol. The molecule has 0 radical (unpaired) electrons. The smallest absolute Gasteiger partial charge is 0.226 e. The standard InChI is InChI=1S/C29H30N6OS/c1-33(2)22-13-15-23(16-14-22)34-19-8-12-25(34)28-27(24-11-6-7-18-30-24)32-29(37)35(28)20-17-26(36)31-21-9-4-3-5-10-21/h3-16,18-19,27-28H,17,20H2,1-2H3,(H,31,36)(H,32,37)/t27-,28-/m0/s1.